The standard InChI is InChI=1S/C28H38FN3O4S2/c1-17(2)22-12-20(29)13-23(18(3)4)24(22)14-26(33)32-38(35,27-30-16-25(37-27)28(5,6)34)31-15-19-8-10-21(36-7)11-9-19/h8-13,16-18,26,33-34H,14-15H2,1-7H3,(H,31,32,35). The fourth-order valence-corrected chi connectivity index (χ4v) is 7.01. The Hall–Kier alpha value is -2.37. The van der Waals surface area contributed by atoms with Crippen LogP contribution in [0, 0.1) is 5.82 Å². The molecule has 7 nitrogen and oxygen atoms in total. The van der Waals surface area contributed by atoms with Crippen LogP contribution in [-0.4, -0.2) is 32.7 Å². The quantitative estimate of drug-likeness (QED) is 0.254. The highest BCUT2D eigenvalue weighted by Gasteiger charge is 2.27. The first kappa shape index (κ1) is 30.2. The number of hydrogen-bond donors (Lipinski definition) is 3. The molecule has 0 fully saturated rings. The number of aliphatic hydroxyl groups excluding tert-OH is 1. The van der Waals surface area contributed by atoms with Gasteiger partial charge in [-0.3, -0.25) is 0 Å². The summed E-state index contributed by atoms with van der Waals surface area (Å²) < 4.78 is 41.3. The molecule has 0 bridgehead atoms. The number of thiazole rings is 1. The fourth-order valence-electron chi connectivity index (χ4n) is 4.07. The molecule has 0 spiro atoms. The van der Waals surface area contributed by atoms with Gasteiger partial charge in [0.05, 0.1) is 24.1 Å². The lowest BCUT2D eigenvalue weighted by atomic mass is 9.86. The highest BCUT2D eigenvalue weighted by Crippen LogP contribution is 2.32. The molecule has 0 saturated heterocycles. The Morgan fingerprint density at radius 2 is 1.71 bits per heavy atom. The number of aromatic nitrogens is 1. The maximum absolute atomic E-state index is 14.4. The summed E-state index contributed by atoms with van der Waals surface area (Å²) in [4.78, 5) is 4.83. The van der Waals surface area contributed by atoms with Gasteiger partial charge in [0.1, 0.15) is 17.8 Å². The van der Waals surface area contributed by atoms with E-state index in [0.717, 1.165) is 33.6 Å². The minimum Gasteiger partial charge on any atom is -0.497 e. The van der Waals surface area contributed by atoms with E-state index >= 15 is 0 Å². The number of hydrogen-bond acceptors (Lipinski definition) is 7. The lowest BCUT2D eigenvalue weighted by Gasteiger charge is -2.23. The van der Waals surface area contributed by atoms with Crippen LogP contribution in [0.15, 0.2) is 51.3 Å². The Bertz CT molecular complexity index is 1330. The van der Waals surface area contributed by atoms with Gasteiger partial charge in [-0.1, -0.05) is 39.8 Å². The number of benzene rings is 2. The predicted octanol–water partition coefficient (Wildman–Crippen LogP) is 5.86. The third kappa shape index (κ3) is 7.39. The summed E-state index contributed by atoms with van der Waals surface area (Å²) in [5, 5.41) is 21.6. The molecule has 3 aromatic rings. The van der Waals surface area contributed by atoms with Gasteiger partial charge in [0.15, 0.2) is 9.92 Å². The summed E-state index contributed by atoms with van der Waals surface area (Å²) in [7, 11) is -1.82. The number of halogens is 1. The average molecular weight is 564 g/mol. The summed E-state index contributed by atoms with van der Waals surface area (Å²) in [6.45, 7) is 11.3. The average Bonchev–Trinajstić information content (AvgIpc) is 3.36. The van der Waals surface area contributed by atoms with Gasteiger partial charge in [0, 0.05) is 12.6 Å². The van der Waals surface area contributed by atoms with Gasteiger partial charge in [-0.25, -0.2) is 17.9 Å². The summed E-state index contributed by atoms with van der Waals surface area (Å²) in [5.41, 5.74) is 2.06. The first-order valence-electron chi connectivity index (χ1n) is 12.6. The van der Waals surface area contributed by atoms with Crippen molar-refractivity contribution in [3.05, 3.63) is 75.5 Å². The van der Waals surface area contributed by atoms with Gasteiger partial charge in [-0.2, -0.15) is 4.72 Å². The van der Waals surface area contributed by atoms with Gasteiger partial charge in [0.2, 0.25) is 4.34 Å². The van der Waals surface area contributed by atoms with E-state index < -0.39 is 21.7 Å². The zero-order valence-corrected chi connectivity index (χ0v) is 24.6. The maximum atomic E-state index is 14.4. The summed E-state index contributed by atoms with van der Waals surface area (Å²) >= 11 is 1.08. The second kappa shape index (κ2) is 12.2. The first-order valence-corrected chi connectivity index (χ1v) is 14.9. The lowest BCUT2D eigenvalue weighted by Crippen LogP contribution is -2.36. The second-order valence-corrected chi connectivity index (χ2v) is 13.6. The van der Waals surface area contributed by atoms with Crippen molar-refractivity contribution in [1.29, 1.82) is 0 Å². The van der Waals surface area contributed by atoms with E-state index in [1.807, 2.05) is 39.8 Å². The minimum atomic E-state index is -3.40. The van der Waals surface area contributed by atoms with Crippen LogP contribution in [0.3, 0.4) is 0 Å². The number of methoxy groups -OCH3 is 1. The van der Waals surface area contributed by atoms with Gasteiger partial charge in [-0.05, 0) is 72.2 Å². The minimum absolute atomic E-state index is 0.0304. The predicted molar refractivity (Wildman–Crippen MR) is 150 cm³/mol. The van der Waals surface area contributed by atoms with Crippen LogP contribution < -0.4 is 9.46 Å². The normalized spacial score (nSPS) is 14.5. The molecule has 208 valence electrons. The van der Waals surface area contributed by atoms with E-state index in [1.54, 1.807) is 33.1 Å². The third-order valence-electron chi connectivity index (χ3n) is 6.13. The van der Waals surface area contributed by atoms with Crippen molar-refractivity contribution in [3.8, 4) is 5.75 Å². The summed E-state index contributed by atoms with van der Waals surface area (Å²) in [5.74, 6) is 0.438. The van der Waals surface area contributed by atoms with Crippen molar-refractivity contribution in [2.75, 3.05) is 7.11 Å². The molecule has 0 radical (unpaired) electrons. The Kier molecular flexibility index (Phi) is 9.70. The van der Waals surface area contributed by atoms with Crippen LogP contribution in [0.1, 0.15) is 80.5 Å². The molecule has 0 aliphatic heterocycles. The Morgan fingerprint density at radius 3 is 2.18 bits per heavy atom. The number of nitrogens with one attached hydrogen (secondary N) is 1. The van der Waals surface area contributed by atoms with Crippen LogP contribution in [0.5, 0.6) is 5.75 Å². The molecule has 3 rings (SSSR count). The van der Waals surface area contributed by atoms with Crippen molar-refractivity contribution >= 4 is 21.3 Å². The number of aliphatic hydroxyl groups is 2. The van der Waals surface area contributed by atoms with Crippen LogP contribution >= 0.6 is 11.3 Å². The zero-order valence-electron chi connectivity index (χ0n) is 23.0. The SMILES string of the molecule is COc1ccc(CN=S(=O)(NC(O)Cc2c(C(C)C)cc(F)cc2C(C)C)c2ncc(C(C)(C)O)s2)cc1. The molecule has 2 atom stereocenters. The van der Waals surface area contributed by atoms with E-state index in [2.05, 4.69) is 14.1 Å². The summed E-state index contributed by atoms with van der Waals surface area (Å²) in [6, 6.07) is 10.2. The second-order valence-electron chi connectivity index (χ2n) is 10.4. The van der Waals surface area contributed by atoms with Gasteiger partial charge in [-0.15, -0.1) is 11.3 Å². The van der Waals surface area contributed by atoms with E-state index in [-0.39, 0.29) is 35.0 Å². The lowest BCUT2D eigenvalue weighted by molar-refractivity contribution is 0.0823. The van der Waals surface area contributed by atoms with Crippen LogP contribution in [0.2, 0.25) is 0 Å². The molecular weight excluding hydrogens is 525 g/mol. The fraction of sp³-hybridized carbons (Fsp3) is 0.464. The number of ether oxygens (including phenoxy) is 1. The van der Waals surface area contributed by atoms with Crippen LogP contribution in [0.4, 0.5) is 4.39 Å². The Balaban J connectivity index is 2.00. The largest absolute Gasteiger partial charge is 0.497 e. The Morgan fingerprint density at radius 1 is 1.13 bits per heavy atom. The Labute approximate surface area is 229 Å². The van der Waals surface area contributed by atoms with Gasteiger partial charge in [0.25, 0.3) is 0 Å². The molecule has 0 aliphatic rings. The zero-order chi connectivity index (χ0) is 28.3. The topological polar surface area (TPSA) is 104 Å². The number of rotatable bonds is 11. The maximum Gasteiger partial charge on any atom is 0.204 e. The smallest absolute Gasteiger partial charge is 0.204 e. The molecule has 38 heavy (non-hydrogen) atoms. The van der Waals surface area contributed by atoms with Crippen molar-refractivity contribution < 1.29 is 23.5 Å². The van der Waals surface area contributed by atoms with E-state index in [4.69, 9.17) is 4.74 Å². The van der Waals surface area contributed by atoms with Crippen molar-refractivity contribution in [2.45, 2.75) is 82.5 Å². The highest BCUT2D eigenvalue weighted by molar-refractivity contribution is 7.93. The van der Waals surface area contributed by atoms with Gasteiger partial charge >= 0.3 is 0 Å². The molecular formula is C28H38FN3O4S2. The van der Waals surface area contributed by atoms with E-state index in [1.165, 1.54) is 18.3 Å². The first-order chi connectivity index (χ1) is 17.7. The van der Waals surface area contributed by atoms with Crippen molar-refractivity contribution in [2.24, 2.45) is 4.36 Å². The molecule has 1 heterocycles. The van der Waals surface area contributed by atoms with Crippen molar-refractivity contribution in [3.63, 3.8) is 0 Å². The van der Waals surface area contributed by atoms with Crippen molar-refractivity contribution in [1.82, 2.24) is 9.71 Å². The monoisotopic (exact) mass is 563 g/mol. The molecule has 2 aromatic carbocycles. The van der Waals surface area contributed by atoms with E-state index in [0.29, 0.717) is 10.6 Å². The molecule has 0 aliphatic carbocycles. The number of nitrogens with zero attached hydrogens (tertiary/aromatic N) is 2. The molecule has 3 N–H and O–H groups in total. The van der Waals surface area contributed by atoms with Crippen LogP contribution in [-0.2, 0) is 28.5 Å². The molecule has 0 saturated carbocycles. The van der Waals surface area contributed by atoms with Gasteiger partial charge < -0.3 is 14.9 Å². The summed E-state index contributed by atoms with van der Waals surface area (Å²) in [6.07, 6.45) is 0.335. The highest BCUT2D eigenvalue weighted by atomic mass is 32.2. The molecule has 0 amide bonds. The molecule has 10 heteroatoms. The third-order valence-corrected chi connectivity index (χ3v) is 9.83. The van der Waals surface area contributed by atoms with Crippen LogP contribution in [0.25, 0.3) is 0 Å². The van der Waals surface area contributed by atoms with E-state index in [9.17, 15) is 18.8 Å². The molecule has 2 unspecified atom stereocenters. The molecule has 1 aromatic heterocycles.